The summed E-state index contributed by atoms with van der Waals surface area (Å²) in [4.78, 5) is 23.7. The van der Waals surface area contributed by atoms with Crippen LogP contribution in [0, 0.1) is 13.8 Å². The molecule has 1 aromatic carbocycles. The number of anilines is 1. The summed E-state index contributed by atoms with van der Waals surface area (Å²) in [6.07, 6.45) is 7.10. The molecule has 0 aromatic heterocycles. The van der Waals surface area contributed by atoms with Gasteiger partial charge in [-0.1, -0.05) is 18.2 Å². The number of aliphatic hydroxyl groups is 1. The van der Waals surface area contributed by atoms with Crippen LogP contribution < -0.4 is 15.8 Å². The fourth-order valence-electron chi connectivity index (χ4n) is 3.63. The number of amides is 1. The summed E-state index contributed by atoms with van der Waals surface area (Å²) in [5.41, 5.74) is 7.59. The van der Waals surface area contributed by atoms with Crippen LogP contribution in [0.1, 0.15) is 43.7 Å². The smallest absolute Gasteiger partial charge is 0.303 e. The number of hydrogen-bond donors (Lipinski definition) is 4. The van der Waals surface area contributed by atoms with E-state index in [2.05, 4.69) is 10.7 Å². The van der Waals surface area contributed by atoms with Crippen molar-refractivity contribution in [2.45, 2.75) is 58.5 Å². The first-order valence-electron chi connectivity index (χ1n) is 10.2. The fraction of sp³-hybridized carbons (Fsp3) is 0.391. The van der Waals surface area contributed by atoms with E-state index in [9.17, 15) is 14.7 Å². The molecule has 160 valence electrons. The second-order valence-corrected chi connectivity index (χ2v) is 7.87. The molecule has 1 amide bonds. The molecule has 30 heavy (non-hydrogen) atoms. The second kappa shape index (κ2) is 9.17. The minimum absolute atomic E-state index is 0.0682. The molecule has 0 spiro atoms. The Bertz CT molecular complexity index is 932. The Hall–Kier alpha value is -3.06. The molecule has 1 aromatic rings. The maximum Gasteiger partial charge on any atom is 0.303 e. The number of allylic oxidation sites excluding steroid dienone is 2. The highest BCUT2D eigenvalue weighted by atomic mass is 16.4. The Labute approximate surface area is 176 Å². The summed E-state index contributed by atoms with van der Waals surface area (Å²) in [5.74, 6) is -0.768. The van der Waals surface area contributed by atoms with Crippen LogP contribution in [-0.4, -0.2) is 34.2 Å². The number of carbonyl (C=O) groups is 2. The summed E-state index contributed by atoms with van der Waals surface area (Å²) in [6, 6.07) is 5.38. The molecule has 1 heterocycles. The topological polar surface area (TPSA) is 102 Å². The molecule has 2 unspecified atom stereocenters. The number of aliphatic hydroxyl groups excluding tert-OH is 1. The normalized spacial score (nSPS) is 22.8. The van der Waals surface area contributed by atoms with Crippen molar-refractivity contribution in [2.75, 3.05) is 5.01 Å². The molecule has 1 saturated heterocycles. The standard InChI is InChI=1S/C23H29N3O4/c1-14-10-11-18(12-15(14)2)26-23(30)19(16(3)25-26)13-24-20-8-4-6-17(22(20)29)7-5-9-21(27)28/h4,6,10-13,16,20,24-25,29H,5,7-9H2,1-3H3,(H,27,28)/b19-13-. The van der Waals surface area contributed by atoms with Crippen molar-refractivity contribution in [3.05, 3.63) is 64.6 Å². The van der Waals surface area contributed by atoms with Gasteiger partial charge in [-0.25, -0.2) is 10.4 Å². The Kier molecular flexibility index (Phi) is 6.62. The lowest BCUT2D eigenvalue weighted by atomic mass is 9.96. The minimum Gasteiger partial charge on any atom is -0.510 e. The van der Waals surface area contributed by atoms with E-state index in [-0.39, 0.29) is 30.2 Å². The first-order chi connectivity index (χ1) is 14.3. The third kappa shape index (κ3) is 4.74. The summed E-state index contributed by atoms with van der Waals surface area (Å²) in [7, 11) is 0. The van der Waals surface area contributed by atoms with E-state index < -0.39 is 5.97 Å². The number of hydrazine groups is 1. The third-order valence-electron chi connectivity index (χ3n) is 5.61. The number of benzene rings is 1. The summed E-state index contributed by atoms with van der Waals surface area (Å²) >= 11 is 0. The largest absolute Gasteiger partial charge is 0.510 e. The van der Waals surface area contributed by atoms with Crippen LogP contribution in [0.4, 0.5) is 5.69 Å². The molecule has 0 bridgehead atoms. The van der Waals surface area contributed by atoms with Crippen molar-refractivity contribution in [2.24, 2.45) is 0 Å². The number of carboxylic acids is 1. The molecular weight excluding hydrogens is 382 g/mol. The SMILES string of the molecule is Cc1ccc(N2NC(C)/C(=C/NC3CC=CC(CCCC(=O)O)=C3O)C2=O)cc1C. The van der Waals surface area contributed by atoms with Gasteiger partial charge in [0.05, 0.1) is 23.3 Å². The quantitative estimate of drug-likeness (QED) is 0.513. The predicted molar refractivity (Wildman–Crippen MR) is 116 cm³/mol. The average Bonchev–Trinajstić information content (AvgIpc) is 2.98. The Morgan fingerprint density at radius 2 is 2.10 bits per heavy atom. The van der Waals surface area contributed by atoms with Gasteiger partial charge in [-0.05, 0) is 68.9 Å². The number of aryl methyl sites for hydroxylation is 2. The van der Waals surface area contributed by atoms with Gasteiger partial charge in [0.1, 0.15) is 5.76 Å². The van der Waals surface area contributed by atoms with Crippen LogP contribution in [0.5, 0.6) is 0 Å². The Morgan fingerprint density at radius 1 is 1.33 bits per heavy atom. The zero-order chi connectivity index (χ0) is 21.8. The van der Waals surface area contributed by atoms with Crippen LogP contribution in [-0.2, 0) is 9.59 Å². The average molecular weight is 412 g/mol. The number of hydrogen-bond acceptors (Lipinski definition) is 5. The maximum atomic E-state index is 12.9. The maximum absolute atomic E-state index is 12.9. The first kappa shape index (κ1) is 21.6. The lowest BCUT2D eigenvalue weighted by Gasteiger charge is -2.22. The molecule has 3 rings (SSSR count). The van der Waals surface area contributed by atoms with E-state index in [1.165, 1.54) is 5.56 Å². The van der Waals surface area contributed by atoms with Gasteiger partial charge in [0.2, 0.25) is 0 Å². The van der Waals surface area contributed by atoms with Gasteiger partial charge < -0.3 is 15.5 Å². The van der Waals surface area contributed by atoms with E-state index in [0.29, 0.717) is 24.8 Å². The van der Waals surface area contributed by atoms with Crippen LogP contribution in [0.25, 0.3) is 0 Å². The van der Waals surface area contributed by atoms with E-state index in [1.54, 1.807) is 11.2 Å². The van der Waals surface area contributed by atoms with Gasteiger partial charge in [-0.3, -0.25) is 9.59 Å². The molecular formula is C23H29N3O4. The molecule has 7 heteroatoms. The molecule has 4 N–H and O–H groups in total. The van der Waals surface area contributed by atoms with Gasteiger partial charge in [0.25, 0.3) is 5.91 Å². The van der Waals surface area contributed by atoms with E-state index in [1.807, 2.05) is 51.1 Å². The van der Waals surface area contributed by atoms with Crippen molar-refractivity contribution in [1.29, 1.82) is 0 Å². The van der Waals surface area contributed by atoms with Crippen molar-refractivity contribution in [3.8, 4) is 0 Å². The molecule has 2 aliphatic rings. The number of carboxylic acid groups (broad SMARTS) is 1. The monoisotopic (exact) mass is 411 g/mol. The minimum atomic E-state index is -0.844. The molecule has 1 aliphatic carbocycles. The van der Waals surface area contributed by atoms with Crippen LogP contribution in [0.2, 0.25) is 0 Å². The number of rotatable bonds is 7. The lowest BCUT2D eigenvalue weighted by molar-refractivity contribution is -0.137. The number of nitrogens with zero attached hydrogens (tertiary/aromatic N) is 1. The number of carbonyl (C=O) groups excluding carboxylic acids is 1. The first-order valence-corrected chi connectivity index (χ1v) is 10.2. The van der Waals surface area contributed by atoms with Crippen molar-refractivity contribution in [1.82, 2.24) is 10.7 Å². The fourth-order valence-corrected chi connectivity index (χ4v) is 3.63. The third-order valence-corrected chi connectivity index (χ3v) is 5.61. The molecule has 2 atom stereocenters. The highest BCUT2D eigenvalue weighted by molar-refractivity contribution is 6.08. The number of nitrogens with one attached hydrogen (secondary N) is 2. The van der Waals surface area contributed by atoms with Gasteiger partial charge in [-0.2, -0.15) is 0 Å². The zero-order valence-corrected chi connectivity index (χ0v) is 17.6. The highest BCUT2D eigenvalue weighted by Crippen LogP contribution is 2.26. The number of aliphatic carboxylic acids is 1. The Balaban J connectivity index is 1.70. The second-order valence-electron chi connectivity index (χ2n) is 7.87. The molecule has 1 fully saturated rings. The van der Waals surface area contributed by atoms with E-state index in [0.717, 1.165) is 16.8 Å². The molecule has 0 radical (unpaired) electrons. The zero-order valence-electron chi connectivity index (χ0n) is 17.6. The van der Waals surface area contributed by atoms with Crippen LogP contribution in [0.15, 0.2) is 53.5 Å². The molecule has 1 aliphatic heterocycles. The van der Waals surface area contributed by atoms with Gasteiger partial charge in [0.15, 0.2) is 0 Å². The van der Waals surface area contributed by atoms with Crippen LogP contribution in [0.3, 0.4) is 0 Å². The summed E-state index contributed by atoms with van der Waals surface area (Å²) in [6.45, 7) is 5.96. The summed E-state index contributed by atoms with van der Waals surface area (Å²) in [5, 5.41) is 24.1. The highest BCUT2D eigenvalue weighted by Gasteiger charge is 2.33. The van der Waals surface area contributed by atoms with Gasteiger partial charge >= 0.3 is 5.97 Å². The van der Waals surface area contributed by atoms with Gasteiger partial charge in [0, 0.05) is 12.6 Å². The van der Waals surface area contributed by atoms with E-state index >= 15 is 0 Å². The van der Waals surface area contributed by atoms with Crippen molar-refractivity contribution >= 4 is 17.6 Å². The predicted octanol–water partition coefficient (Wildman–Crippen LogP) is 3.41. The van der Waals surface area contributed by atoms with Gasteiger partial charge in [-0.15, -0.1) is 0 Å². The molecule has 0 saturated carbocycles. The van der Waals surface area contributed by atoms with E-state index in [4.69, 9.17) is 5.11 Å². The lowest BCUT2D eigenvalue weighted by Crippen LogP contribution is -2.36. The van der Waals surface area contributed by atoms with Crippen molar-refractivity contribution < 1.29 is 19.8 Å². The molecule has 7 nitrogen and oxygen atoms in total. The summed E-state index contributed by atoms with van der Waals surface area (Å²) < 4.78 is 0. The van der Waals surface area contributed by atoms with Crippen molar-refractivity contribution in [3.63, 3.8) is 0 Å². The van der Waals surface area contributed by atoms with Crippen LogP contribution >= 0.6 is 0 Å². The Morgan fingerprint density at radius 3 is 2.80 bits per heavy atom.